The van der Waals surface area contributed by atoms with Crippen molar-refractivity contribution in [1.29, 1.82) is 0 Å². The van der Waals surface area contributed by atoms with E-state index in [-0.39, 0.29) is 5.50 Å². The highest BCUT2D eigenvalue weighted by Gasteiger charge is 2.13. The summed E-state index contributed by atoms with van der Waals surface area (Å²) in [7, 11) is 0. The monoisotopic (exact) mass is 232 g/mol. The van der Waals surface area contributed by atoms with Crippen LogP contribution in [-0.4, -0.2) is 18.3 Å². The third-order valence-electron chi connectivity index (χ3n) is 2.63. The van der Waals surface area contributed by atoms with Crippen LogP contribution in [0.5, 0.6) is 5.75 Å². The Hall–Kier alpha value is -1.26. The van der Waals surface area contributed by atoms with Crippen LogP contribution in [0.2, 0.25) is 0 Å². The van der Waals surface area contributed by atoms with Crippen molar-refractivity contribution in [2.75, 3.05) is 6.61 Å². The third-order valence-corrected chi connectivity index (χ3v) is 3.49. The molecule has 3 nitrogen and oxygen atoms in total. The first-order valence-electron chi connectivity index (χ1n) is 5.24. The summed E-state index contributed by atoms with van der Waals surface area (Å²) in [5.74, 6) is 1.02. The summed E-state index contributed by atoms with van der Waals surface area (Å²) < 4.78 is 5.47. The molecule has 3 rings (SSSR count). The molecule has 1 aromatic rings. The zero-order valence-electron chi connectivity index (χ0n) is 8.72. The first kappa shape index (κ1) is 9.93. The molecule has 0 spiro atoms. The standard InChI is InChI=1S/C12H12N2OS/c13-12-14-7-10(16-12)6-8-1-2-11-9(5-8)3-4-15-11/h1-2,5-7,12H,3-4,13H2/b10-6-. The van der Waals surface area contributed by atoms with Gasteiger partial charge >= 0.3 is 0 Å². The Kier molecular flexibility index (Phi) is 2.46. The summed E-state index contributed by atoms with van der Waals surface area (Å²) in [6, 6.07) is 6.27. The smallest absolute Gasteiger partial charge is 0.148 e. The summed E-state index contributed by atoms with van der Waals surface area (Å²) in [5, 5.41) is 0. The normalized spacial score (nSPS) is 24.8. The van der Waals surface area contributed by atoms with Gasteiger partial charge in [-0.2, -0.15) is 0 Å². The minimum Gasteiger partial charge on any atom is -0.493 e. The quantitative estimate of drug-likeness (QED) is 0.806. The van der Waals surface area contributed by atoms with Gasteiger partial charge in [0.15, 0.2) is 0 Å². The molecule has 2 heterocycles. The first-order chi connectivity index (χ1) is 7.81. The highest BCUT2D eigenvalue weighted by molar-refractivity contribution is 8.04. The van der Waals surface area contributed by atoms with Gasteiger partial charge in [-0.3, -0.25) is 4.99 Å². The van der Waals surface area contributed by atoms with E-state index < -0.39 is 0 Å². The van der Waals surface area contributed by atoms with Crippen molar-refractivity contribution in [3.63, 3.8) is 0 Å². The number of nitrogens with zero attached hydrogens (tertiary/aromatic N) is 1. The number of hydrogen-bond acceptors (Lipinski definition) is 4. The molecule has 0 radical (unpaired) electrons. The lowest BCUT2D eigenvalue weighted by Gasteiger charge is -2.01. The van der Waals surface area contributed by atoms with Crippen LogP contribution < -0.4 is 10.5 Å². The van der Waals surface area contributed by atoms with Crippen molar-refractivity contribution in [3.8, 4) is 5.75 Å². The largest absolute Gasteiger partial charge is 0.493 e. The molecule has 2 N–H and O–H groups in total. The minimum absolute atomic E-state index is 0.135. The highest BCUT2D eigenvalue weighted by atomic mass is 32.2. The molecule has 0 saturated heterocycles. The van der Waals surface area contributed by atoms with Crippen molar-refractivity contribution < 1.29 is 4.74 Å². The molecule has 1 aromatic carbocycles. The molecule has 2 aliphatic heterocycles. The number of fused-ring (bicyclic) bond motifs is 1. The molecule has 1 atom stereocenters. The topological polar surface area (TPSA) is 47.6 Å². The predicted octanol–water partition coefficient (Wildman–Crippen LogP) is 2.02. The summed E-state index contributed by atoms with van der Waals surface area (Å²) in [5.41, 5.74) is 8.02. The number of aliphatic imine (C=N–C) groups is 1. The van der Waals surface area contributed by atoms with E-state index in [1.165, 1.54) is 11.1 Å². The second-order valence-electron chi connectivity index (χ2n) is 3.80. The average Bonchev–Trinajstić information content (AvgIpc) is 2.87. The van der Waals surface area contributed by atoms with Gasteiger partial charge in [-0.25, -0.2) is 0 Å². The van der Waals surface area contributed by atoms with Crippen LogP contribution in [0.3, 0.4) is 0 Å². The number of thioether (sulfide) groups is 1. The van der Waals surface area contributed by atoms with Gasteiger partial charge in [0.25, 0.3) is 0 Å². The Bertz CT molecular complexity index is 482. The number of nitrogens with two attached hydrogens (primary N) is 1. The lowest BCUT2D eigenvalue weighted by Crippen LogP contribution is -2.07. The van der Waals surface area contributed by atoms with E-state index in [2.05, 4.69) is 23.2 Å². The van der Waals surface area contributed by atoms with E-state index in [0.717, 1.165) is 23.7 Å². The molecule has 82 valence electrons. The molecule has 2 aliphatic rings. The van der Waals surface area contributed by atoms with E-state index in [4.69, 9.17) is 10.5 Å². The van der Waals surface area contributed by atoms with Crippen molar-refractivity contribution in [1.82, 2.24) is 0 Å². The predicted molar refractivity (Wildman–Crippen MR) is 67.7 cm³/mol. The van der Waals surface area contributed by atoms with Gasteiger partial charge in [-0.1, -0.05) is 17.8 Å². The van der Waals surface area contributed by atoms with Crippen LogP contribution in [0.4, 0.5) is 0 Å². The molecule has 1 unspecified atom stereocenters. The van der Waals surface area contributed by atoms with Crippen LogP contribution in [0.25, 0.3) is 6.08 Å². The maximum Gasteiger partial charge on any atom is 0.148 e. The number of ether oxygens (including phenoxy) is 1. The van der Waals surface area contributed by atoms with E-state index in [1.807, 2.05) is 12.3 Å². The maximum absolute atomic E-state index is 5.67. The molecule has 0 saturated carbocycles. The fraction of sp³-hybridized carbons (Fsp3) is 0.250. The average molecular weight is 232 g/mol. The number of benzene rings is 1. The summed E-state index contributed by atoms with van der Waals surface area (Å²) in [4.78, 5) is 5.23. The molecule has 0 aromatic heterocycles. The van der Waals surface area contributed by atoms with Gasteiger partial charge < -0.3 is 10.5 Å². The lowest BCUT2D eigenvalue weighted by molar-refractivity contribution is 0.357. The number of rotatable bonds is 1. The van der Waals surface area contributed by atoms with Crippen LogP contribution in [0.1, 0.15) is 11.1 Å². The molecule has 4 heteroatoms. The molecule has 0 fully saturated rings. The Balaban J connectivity index is 1.88. The van der Waals surface area contributed by atoms with Crippen LogP contribution in [-0.2, 0) is 6.42 Å². The van der Waals surface area contributed by atoms with Gasteiger partial charge in [-0.15, -0.1) is 0 Å². The number of hydrogen-bond donors (Lipinski definition) is 1. The SMILES string of the molecule is NC1N=C/C(=C/c2ccc3c(c2)CCO3)S1. The molecule has 0 aliphatic carbocycles. The Morgan fingerprint density at radius 1 is 1.50 bits per heavy atom. The Morgan fingerprint density at radius 3 is 3.25 bits per heavy atom. The molecule has 0 amide bonds. The van der Waals surface area contributed by atoms with E-state index in [0.29, 0.717) is 0 Å². The zero-order chi connectivity index (χ0) is 11.0. The fourth-order valence-corrected chi connectivity index (χ4v) is 2.61. The third kappa shape index (κ3) is 1.86. The van der Waals surface area contributed by atoms with Crippen molar-refractivity contribution in [2.24, 2.45) is 10.7 Å². The lowest BCUT2D eigenvalue weighted by atomic mass is 10.1. The minimum atomic E-state index is -0.135. The summed E-state index contributed by atoms with van der Waals surface area (Å²) in [6.07, 6.45) is 4.95. The Morgan fingerprint density at radius 2 is 2.44 bits per heavy atom. The van der Waals surface area contributed by atoms with E-state index in [9.17, 15) is 0 Å². The van der Waals surface area contributed by atoms with Gasteiger partial charge in [0.1, 0.15) is 11.2 Å². The molecule has 0 bridgehead atoms. The first-order valence-corrected chi connectivity index (χ1v) is 6.12. The van der Waals surface area contributed by atoms with Gasteiger partial charge in [0, 0.05) is 17.5 Å². The second-order valence-corrected chi connectivity index (χ2v) is 4.99. The highest BCUT2D eigenvalue weighted by Crippen LogP contribution is 2.29. The molecule has 16 heavy (non-hydrogen) atoms. The van der Waals surface area contributed by atoms with Crippen LogP contribution >= 0.6 is 11.8 Å². The maximum atomic E-state index is 5.67. The van der Waals surface area contributed by atoms with Crippen molar-refractivity contribution >= 4 is 24.1 Å². The van der Waals surface area contributed by atoms with Gasteiger partial charge in [-0.05, 0) is 29.3 Å². The van der Waals surface area contributed by atoms with Crippen LogP contribution in [0, 0.1) is 0 Å². The van der Waals surface area contributed by atoms with Crippen molar-refractivity contribution in [3.05, 3.63) is 34.2 Å². The summed E-state index contributed by atoms with van der Waals surface area (Å²) in [6.45, 7) is 0.802. The Labute approximate surface area is 98.4 Å². The number of allylic oxidation sites excluding steroid dienone is 1. The second kappa shape index (κ2) is 3.96. The fourth-order valence-electron chi connectivity index (χ4n) is 1.88. The zero-order valence-corrected chi connectivity index (χ0v) is 9.54. The molecular formula is C12H12N2OS. The van der Waals surface area contributed by atoms with Crippen molar-refractivity contribution in [2.45, 2.75) is 11.9 Å². The van der Waals surface area contributed by atoms with Gasteiger partial charge in [0.05, 0.1) is 6.61 Å². The van der Waals surface area contributed by atoms with Crippen LogP contribution in [0.15, 0.2) is 28.1 Å². The molecular weight excluding hydrogens is 220 g/mol. The van der Waals surface area contributed by atoms with E-state index in [1.54, 1.807) is 11.8 Å². The van der Waals surface area contributed by atoms with E-state index >= 15 is 0 Å². The van der Waals surface area contributed by atoms with Gasteiger partial charge in [0.2, 0.25) is 0 Å². The summed E-state index contributed by atoms with van der Waals surface area (Å²) >= 11 is 1.58.